The summed E-state index contributed by atoms with van der Waals surface area (Å²) in [6.45, 7) is 4.92. The molecule has 138 valence electrons. The highest BCUT2D eigenvalue weighted by atomic mass is 16.5. The molecule has 0 aliphatic carbocycles. The Morgan fingerprint density at radius 1 is 1.31 bits per heavy atom. The number of carbonyl (C=O) groups is 2. The largest absolute Gasteiger partial charge is 0.356 e. The number of benzene rings is 1. The van der Waals surface area contributed by atoms with Gasteiger partial charge in [-0.05, 0) is 37.8 Å². The van der Waals surface area contributed by atoms with Gasteiger partial charge in [0.2, 0.25) is 5.91 Å². The summed E-state index contributed by atoms with van der Waals surface area (Å²) < 4.78 is 5.73. The molecule has 26 heavy (non-hydrogen) atoms. The van der Waals surface area contributed by atoms with Crippen LogP contribution in [0.3, 0.4) is 0 Å². The van der Waals surface area contributed by atoms with Gasteiger partial charge >= 0.3 is 0 Å². The second-order valence-electron chi connectivity index (χ2n) is 7.54. The first-order valence-electron chi connectivity index (χ1n) is 8.99. The molecule has 0 unspecified atom stereocenters. The Kier molecular flexibility index (Phi) is 5.01. The van der Waals surface area contributed by atoms with Crippen molar-refractivity contribution in [2.45, 2.75) is 38.8 Å². The normalized spacial score (nSPS) is 25.7. The number of amides is 2. The minimum Gasteiger partial charge on any atom is -0.356 e. The average Bonchev–Trinajstić information content (AvgIpc) is 2.65. The summed E-state index contributed by atoms with van der Waals surface area (Å²) >= 11 is 0. The average molecular weight is 355 g/mol. The highest BCUT2D eigenvalue weighted by Gasteiger charge is 2.43. The fourth-order valence-electron chi connectivity index (χ4n) is 3.72. The maximum absolute atomic E-state index is 13.2. The van der Waals surface area contributed by atoms with Gasteiger partial charge < -0.3 is 14.5 Å². The molecule has 2 aliphatic rings. The van der Waals surface area contributed by atoms with Crippen molar-refractivity contribution in [3.8, 4) is 6.07 Å². The van der Waals surface area contributed by atoms with Crippen molar-refractivity contribution in [1.29, 1.82) is 5.26 Å². The van der Waals surface area contributed by atoms with Crippen molar-refractivity contribution < 1.29 is 14.3 Å². The number of piperidine rings is 1. The molecule has 3 rings (SSSR count). The van der Waals surface area contributed by atoms with Crippen molar-refractivity contribution >= 4 is 11.8 Å². The summed E-state index contributed by atoms with van der Waals surface area (Å²) in [4.78, 5) is 28.8. The highest BCUT2D eigenvalue weighted by molar-refractivity contribution is 5.86. The number of likely N-dealkylation sites (tertiary alicyclic amines) is 1. The minimum atomic E-state index is -0.717. The number of carbonyl (C=O) groups excluding carboxylic acids is 2. The number of hydrogen-bond acceptors (Lipinski definition) is 4. The van der Waals surface area contributed by atoms with Crippen LogP contribution in [0, 0.1) is 23.7 Å². The van der Waals surface area contributed by atoms with Crippen molar-refractivity contribution in [2.75, 3.05) is 26.7 Å². The lowest BCUT2D eigenvalue weighted by Gasteiger charge is -2.42. The van der Waals surface area contributed by atoms with Crippen LogP contribution < -0.4 is 0 Å². The van der Waals surface area contributed by atoms with Crippen LogP contribution in [0.1, 0.15) is 36.9 Å². The number of ether oxygens (including phenoxy) is 1. The van der Waals surface area contributed by atoms with Crippen LogP contribution in [-0.2, 0) is 14.3 Å². The lowest BCUT2D eigenvalue weighted by Crippen LogP contribution is -2.55. The predicted octanol–water partition coefficient (Wildman–Crippen LogP) is 2.05. The zero-order chi connectivity index (χ0) is 18.9. The Hall–Kier alpha value is -2.39. The summed E-state index contributed by atoms with van der Waals surface area (Å²) in [6.07, 6.45) is 0.600. The number of morpholine rings is 1. The van der Waals surface area contributed by atoms with Gasteiger partial charge in [-0.1, -0.05) is 24.3 Å². The summed E-state index contributed by atoms with van der Waals surface area (Å²) in [5.74, 6) is -0.226. The number of aryl methyl sites for hydroxylation is 1. The molecule has 2 amide bonds. The van der Waals surface area contributed by atoms with Gasteiger partial charge in [0.05, 0.1) is 17.5 Å². The number of nitrogens with zero attached hydrogens (tertiary/aromatic N) is 3. The van der Waals surface area contributed by atoms with E-state index in [1.165, 1.54) is 0 Å². The molecular weight excluding hydrogens is 330 g/mol. The van der Waals surface area contributed by atoms with Gasteiger partial charge in [-0.2, -0.15) is 5.26 Å². The van der Waals surface area contributed by atoms with Crippen LogP contribution in [0.2, 0.25) is 0 Å². The van der Waals surface area contributed by atoms with Crippen molar-refractivity contribution in [3.63, 3.8) is 0 Å². The molecule has 2 saturated heterocycles. The molecule has 0 saturated carbocycles. The highest BCUT2D eigenvalue weighted by Crippen LogP contribution is 2.34. The van der Waals surface area contributed by atoms with Gasteiger partial charge in [0.1, 0.15) is 6.61 Å². The number of likely N-dealkylation sites (N-methyl/N-ethyl adjacent to an activating group) is 1. The van der Waals surface area contributed by atoms with Crippen LogP contribution in [0.25, 0.3) is 0 Å². The molecule has 2 atom stereocenters. The van der Waals surface area contributed by atoms with E-state index in [2.05, 4.69) is 6.07 Å². The molecule has 2 heterocycles. The van der Waals surface area contributed by atoms with E-state index in [1.54, 1.807) is 16.8 Å². The molecule has 1 aromatic rings. The van der Waals surface area contributed by atoms with Gasteiger partial charge in [-0.15, -0.1) is 0 Å². The predicted molar refractivity (Wildman–Crippen MR) is 96.0 cm³/mol. The van der Waals surface area contributed by atoms with Crippen molar-refractivity contribution in [2.24, 2.45) is 5.41 Å². The van der Waals surface area contributed by atoms with Crippen LogP contribution in [0.15, 0.2) is 24.3 Å². The third-order valence-corrected chi connectivity index (χ3v) is 5.68. The Bertz CT molecular complexity index is 747. The third-order valence-electron chi connectivity index (χ3n) is 5.68. The molecule has 2 fully saturated rings. The van der Waals surface area contributed by atoms with Crippen LogP contribution in [0.4, 0.5) is 0 Å². The first-order valence-corrected chi connectivity index (χ1v) is 8.99. The van der Waals surface area contributed by atoms with E-state index in [1.807, 2.05) is 38.1 Å². The summed E-state index contributed by atoms with van der Waals surface area (Å²) in [7, 11) is 1.73. The van der Waals surface area contributed by atoms with Crippen molar-refractivity contribution in [3.05, 3.63) is 35.4 Å². The molecule has 2 aliphatic heterocycles. The molecule has 0 spiro atoms. The van der Waals surface area contributed by atoms with Gasteiger partial charge in [0, 0.05) is 20.1 Å². The van der Waals surface area contributed by atoms with Gasteiger partial charge in [0.15, 0.2) is 6.10 Å². The zero-order valence-electron chi connectivity index (χ0n) is 15.6. The SMILES string of the molecule is Cc1ccccc1[C@@H]1[C@@H](C(=O)N2CCC(C)(C#N)CC2)OCC(=O)N1C. The molecular formula is C20H25N3O3. The van der Waals surface area contributed by atoms with Gasteiger partial charge in [-0.3, -0.25) is 9.59 Å². The van der Waals surface area contributed by atoms with E-state index < -0.39 is 12.1 Å². The molecule has 6 nitrogen and oxygen atoms in total. The summed E-state index contributed by atoms with van der Waals surface area (Å²) in [6, 6.07) is 9.69. The molecule has 0 aromatic heterocycles. The summed E-state index contributed by atoms with van der Waals surface area (Å²) in [5.41, 5.74) is 1.59. The number of nitriles is 1. The first-order chi connectivity index (χ1) is 12.4. The Morgan fingerprint density at radius 3 is 2.58 bits per heavy atom. The maximum Gasteiger partial charge on any atom is 0.254 e. The van der Waals surface area contributed by atoms with Crippen molar-refractivity contribution in [1.82, 2.24) is 9.80 Å². The standard InChI is InChI=1S/C20H25N3O3/c1-14-6-4-5-7-15(14)17-18(26-12-16(24)22(17)3)19(25)23-10-8-20(2,13-21)9-11-23/h4-7,17-18H,8-12H2,1-3H3/t17-,18+/m1/s1. The molecule has 6 heteroatoms. The second-order valence-corrected chi connectivity index (χ2v) is 7.54. The lowest BCUT2D eigenvalue weighted by molar-refractivity contribution is -0.168. The second kappa shape index (κ2) is 7.08. The molecule has 0 radical (unpaired) electrons. The Morgan fingerprint density at radius 2 is 1.96 bits per heavy atom. The third kappa shape index (κ3) is 3.32. The number of hydrogen-bond donors (Lipinski definition) is 0. The van der Waals surface area contributed by atoms with Crippen LogP contribution in [0.5, 0.6) is 0 Å². The summed E-state index contributed by atoms with van der Waals surface area (Å²) in [5, 5.41) is 9.29. The quantitative estimate of drug-likeness (QED) is 0.814. The minimum absolute atomic E-state index is 0.0843. The van der Waals surface area contributed by atoms with Gasteiger partial charge in [0.25, 0.3) is 5.91 Å². The van der Waals surface area contributed by atoms with Gasteiger partial charge in [-0.25, -0.2) is 0 Å². The Labute approximate surface area is 154 Å². The topological polar surface area (TPSA) is 73.6 Å². The molecule has 1 aromatic carbocycles. The Balaban J connectivity index is 1.85. The van der Waals surface area contributed by atoms with E-state index in [9.17, 15) is 14.9 Å². The van der Waals surface area contributed by atoms with E-state index in [-0.39, 0.29) is 23.8 Å². The monoisotopic (exact) mass is 355 g/mol. The number of rotatable bonds is 2. The maximum atomic E-state index is 13.2. The zero-order valence-corrected chi connectivity index (χ0v) is 15.6. The molecule has 0 bridgehead atoms. The fourth-order valence-corrected chi connectivity index (χ4v) is 3.72. The smallest absolute Gasteiger partial charge is 0.254 e. The van der Waals surface area contributed by atoms with Crippen LogP contribution in [-0.4, -0.2) is 54.5 Å². The van der Waals surface area contributed by atoms with E-state index >= 15 is 0 Å². The fraction of sp³-hybridized carbons (Fsp3) is 0.550. The van der Waals surface area contributed by atoms with Crippen LogP contribution >= 0.6 is 0 Å². The molecule has 0 N–H and O–H groups in total. The van der Waals surface area contributed by atoms with E-state index in [4.69, 9.17) is 4.74 Å². The van der Waals surface area contributed by atoms with E-state index in [0.29, 0.717) is 25.9 Å². The first kappa shape index (κ1) is 18.4. The van der Waals surface area contributed by atoms with E-state index in [0.717, 1.165) is 11.1 Å². The lowest BCUT2D eigenvalue weighted by atomic mass is 9.81.